The maximum absolute atomic E-state index is 5.94. The number of aromatic nitrogens is 2. The van der Waals surface area contributed by atoms with Crippen LogP contribution in [0.4, 0.5) is 5.69 Å². The van der Waals surface area contributed by atoms with Crippen molar-refractivity contribution < 1.29 is 4.52 Å². The Bertz CT molecular complexity index is 742. The minimum Gasteiger partial charge on any atom is -0.398 e. The van der Waals surface area contributed by atoms with E-state index in [-0.39, 0.29) is 0 Å². The SMILES string of the molecule is Cc1cccc(C)c1-c1nc(-c2ccccc2N)no1. The first-order chi connectivity index (χ1) is 9.66. The summed E-state index contributed by atoms with van der Waals surface area (Å²) in [6, 6.07) is 13.6. The van der Waals surface area contributed by atoms with Gasteiger partial charge in [-0.1, -0.05) is 35.5 Å². The summed E-state index contributed by atoms with van der Waals surface area (Å²) in [5.41, 5.74) is 10.6. The van der Waals surface area contributed by atoms with Crippen LogP contribution < -0.4 is 5.73 Å². The van der Waals surface area contributed by atoms with E-state index in [1.54, 1.807) is 0 Å². The summed E-state index contributed by atoms with van der Waals surface area (Å²) in [6.07, 6.45) is 0. The molecule has 0 bridgehead atoms. The van der Waals surface area contributed by atoms with Gasteiger partial charge in [-0.05, 0) is 37.1 Å². The van der Waals surface area contributed by atoms with Crippen molar-refractivity contribution >= 4 is 5.69 Å². The number of anilines is 1. The van der Waals surface area contributed by atoms with E-state index >= 15 is 0 Å². The van der Waals surface area contributed by atoms with Crippen LogP contribution in [0.25, 0.3) is 22.8 Å². The number of hydrogen-bond acceptors (Lipinski definition) is 4. The summed E-state index contributed by atoms with van der Waals surface area (Å²) in [5.74, 6) is 1.04. The molecule has 0 unspecified atom stereocenters. The predicted octanol–water partition coefficient (Wildman–Crippen LogP) is 3.60. The van der Waals surface area contributed by atoms with Crippen molar-refractivity contribution in [2.75, 3.05) is 5.73 Å². The average molecular weight is 265 g/mol. The fourth-order valence-corrected chi connectivity index (χ4v) is 2.29. The van der Waals surface area contributed by atoms with E-state index in [4.69, 9.17) is 10.3 Å². The van der Waals surface area contributed by atoms with Gasteiger partial charge in [-0.2, -0.15) is 4.98 Å². The number of hydrogen-bond donors (Lipinski definition) is 1. The molecule has 1 heterocycles. The van der Waals surface area contributed by atoms with Gasteiger partial charge in [0.2, 0.25) is 5.82 Å². The molecule has 0 radical (unpaired) electrons. The first-order valence-electron chi connectivity index (χ1n) is 6.42. The van der Waals surface area contributed by atoms with Crippen molar-refractivity contribution in [3.05, 3.63) is 53.6 Å². The Labute approximate surface area is 117 Å². The molecule has 0 fully saturated rings. The zero-order chi connectivity index (χ0) is 14.1. The van der Waals surface area contributed by atoms with E-state index in [1.165, 1.54) is 0 Å². The van der Waals surface area contributed by atoms with Gasteiger partial charge in [-0.25, -0.2) is 0 Å². The molecule has 0 atom stereocenters. The fourth-order valence-electron chi connectivity index (χ4n) is 2.29. The summed E-state index contributed by atoms with van der Waals surface area (Å²) in [4.78, 5) is 4.48. The van der Waals surface area contributed by atoms with E-state index in [2.05, 4.69) is 10.1 Å². The van der Waals surface area contributed by atoms with Crippen molar-refractivity contribution in [3.63, 3.8) is 0 Å². The van der Waals surface area contributed by atoms with Gasteiger partial charge in [0, 0.05) is 16.8 Å². The van der Waals surface area contributed by atoms with Gasteiger partial charge in [0.05, 0.1) is 0 Å². The smallest absolute Gasteiger partial charge is 0.258 e. The quantitative estimate of drug-likeness (QED) is 0.719. The highest BCUT2D eigenvalue weighted by Gasteiger charge is 2.15. The molecule has 4 heteroatoms. The summed E-state index contributed by atoms with van der Waals surface area (Å²) in [5, 5.41) is 4.04. The molecule has 100 valence electrons. The van der Waals surface area contributed by atoms with Gasteiger partial charge in [0.25, 0.3) is 5.89 Å². The highest BCUT2D eigenvalue weighted by Crippen LogP contribution is 2.29. The Morgan fingerprint density at radius 3 is 2.35 bits per heavy atom. The number of nitrogens with two attached hydrogens (primary N) is 1. The Hall–Kier alpha value is -2.62. The molecular formula is C16H15N3O. The molecule has 1 aromatic heterocycles. The monoisotopic (exact) mass is 265 g/mol. The highest BCUT2D eigenvalue weighted by atomic mass is 16.5. The molecule has 20 heavy (non-hydrogen) atoms. The van der Waals surface area contributed by atoms with E-state index < -0.39 is 0 Å². The first kappa shape index (κ1) is 12.4. The lowest BCUT2D eigenvalue weighted by molar-refractivity contribution is 0.432. The molecule has 0 amide bonds. The van der Waals surface area contributed by atoms with Crippen molar-refractivity contribution in [2.45, 2.75) is 13.8 Å². The lowest BCUT2D eigenvalue weighted by Crippen LogP contribution is -1.91. The molecule has 2 N–H and O–H groups in total. The van der Waals surface area contributed by atoms with Crippen molar-refractivity contribution in [2.24, 2.45) is 0 Å². The second kappa shape index (κ2) is 4.81. The van der Waals surface area contributed by atoms with Crippen LogP contribution in [0.3, 0.4) is 0 Å². The molecule has 0 aliphatic rings. The summed E-state index contributed by atoms with van der Waals surface area (Å²) < 4.78 is 5.41. The van der Waals surface area contributed by atoms with Crippen LogP contribution in [-0.4, -0.2) is 10.1 Å². The van der Waals surface area contributed by atoms with Crippen molar-refractivity contribution in [1.82, 2.24) is 10.1 Å². The predicted molar refractivity (Wildman–Crippen MR) is 79.1 cm³/mol. The Morgan fingerprint density at radius 2 is 1.65 bits per heavy atom. The molecule has 3 rings (SSSR count). The van der Waals surface area contributed by atoms with Gasteiger partial charge >= 0.3 is 0 Å². The second-order valence-electron chi connectivity index (χ2n) is 4.78. The van der Waals surface area contributed by atoms with E-state index in [9.17, 15) is 0 Å². The van der Waals surface area contributed by atoms with Crippen molar-refractivity contribution in [3.8, 4) is 22.8 Å². The molecule has 2 aromatic carbocycles. The first-order valence-corrected chi connectivity index (χ1v) is 6.42. The van der Waals surface area contributed by atoms with E-state index in [0.717, 1.165) is 22.3 Å². The zero-order valence-electron chi connectivity index (χ0n) is 11.4. The molecule has 0 saturated carbocycles. The largest absolute Gasteiger partial charge is 0.398 e. The number of nitrogens with zero attached hydrogens (tertiary/aromatic N) is 2. The van der Waals surface area contributed by atoms with Crippen LogP contribution in [0.1, 0.15) is 11.1 Å². The van der Waals surface area contributed by atoms with Gasteiger partial charge < -0.3 is 10.3 Å². The fraction of sp³-hybridized carbons (Fsp3) is 0.125. The van der Waals surface area contributed by atoms with Crippen LogP contribution >= 0.6 is 0 Å². The zero-order valence-corrected chi connectivity index (χ0v) is 11.4. The Morgan fingerprint density at radius 1 is 0.950 bits per heavy atom. The second-order valence-corrected chi connectivity index (χ2v) is 4.78. The summed E-state index contributed by atoms with van der Waals surface area (Å²) in [7, 11) is 0. The van der Waals surface area contributed by atoms with Gasteiger partial charge in [-0.15, -0.1) is 0 Å². The van der Waals surface area contributed by atoms with E-state index in [1.807, 2.05) is 56.3 Å². The highest BCUT2D eigenvalue weighted by molar-refractivity contribution is 5.72. The molecule has 0 saturated heterocycles. The third kappa shape index (κ3) is 2.05. The van der Waals surface area contributed by atoms with Gasteiger partial charge in [0.1, 0.15) is 0 Å². The summed E-state index contributed by atoms with van der Waals surface area (Å²) in [6.45, 7) is 4.06. The maximum Gasteiger partial charge on any atom is 0.258 e. The minimum atomic E-state index is 0.515. The Balaban J connectivity index is 2.10. The number of aryl methyl sites for hydroxylation is 2. The van der Waals surface area contributed by atoms with Crippen LogP contribution in [0.5, 0.6) is 0 Å². The molecular weight excluding hydrogens is 250 g/mol. The lowest BCUT2D eigenvalue weighted by atomic mass is 10.0. The summed E-state index contributed by atoms with van der Waals surface area (Å²) >= 11 is 0. The minimum absolute atomic E-state index is 0.515. The molecule has 3 aromatic rings. The Kier molecular flexibility index (Phi) is 2.99. The van der Waals surface area contributed by atoms with Crippen LogP contribution in [0, 0.1) is 13.8 Å². The average Bonchev–Trinajstić information content (AvgIpc) is 2.88. The third-order valence-corrected chi connectivity index (χ3v) is 3.32. The van der Waals surface area contributed by atoms with Crippen LogP contribution in [-0.2, 0) is 0 Å². The standard InChI is InChI=1S/C16H15N3O/c1-10-6-5-7-11(2)14(10)16-18-15(19-20-16)12-8-3-4-9-13(12)17/h3-9H,17H2,1-2H3. The molecule has 0 aliphatic carbocycles. The van der Waals surface area contributed by atoms with Crippen LogP contribution in [0.2, 0.25) is 0 Å². The van der Waals surface area contributed by atoms with Gasteiger partial charge in [0.15, 0.2) is 0 Å². The maximum atomic E-state index is 5.94. The number of benzene rings is 2. The number of rotatable bonds is 2. The van der Waals surface area contributed by atoms with Gasteiger partial charge in [-0.3, -0.25) is 0 Å². The number of para-hydroxylation sites is 1. The topological polar surface area (TPSA) is 64.9 Å². The molecule has 0 aliphatic heterocycles. The number of nitrogen functional groups attached to an aromatic ring is 1. The van der Waals surface area contributed by atoms with E-state index in [0.29, 0.717) is 17.4 Å². The lowest BCUT2D eigenvalue weighted by Gasteiger charge is -2.03. The third-order valence-electron chi connectivity index (χ3n) is 3.32. The normalized spacial score (nSPS) is 10.7. The molecule has 0 spiro atoms. The van der Waals surface area contributed by atoms with Crippen molar-refractivity contribution in [1.29, 1.82) is 0 Å². The molecule has 4 nitrogen and oxygen atoms in total. The van der Waals surface area contributed by atoms with Crippen LogP contribution in [0.15, 0.2) is 47.0 Å².